The lowest BCUT2D eigenvalue weighted by Gasteiger charge is -2.10. The number of anilines is 1. The lowest BCUT2D eigenvalue weighted by molar-refractivity contribution is -0.144. The van der Waals surface area contributed by atoms with Crippen LogP contribution in [0.3, 0.4) is 0 Å². The van der Waals surface area contributed by atoms with Crippen LogP contribution >= 0.6 is 0 Å². The number of nitrogens with one attached hydrogen (secondary N) is 1. The van der Waals surface area contributed by atoms with Gasteiger partial charge < -0.3 is 10.1 Å². The topological polar surface area (TPSA) is 72.5 Å². The molecule has 1 amide bonds. The molecule has 0 fully saturated rings. The normalized spacial score (nSPS) is 9.86. The number of carbonyl (C=O) groups excluding carboxylic acids is 3. The van der Waals surface area contributed by atoms with E-state index >= 15 is 0 Å². The van der Waals surface area contributed by atoms with Crippen molar-refractivity contribution in [2.75, 3.05) is 11.9 Å². The van der Waals surface area contributed by atoms with Gasteiger partial charge in [-0.2, -0.15) is 0 Å². The minimum atomic E-state index is -0.538. The Morgan fingerprint density at radius 2 is 1.59 bits per heavy atom. The van der Waals surface area contributed by atoms with Gasteiger partial charge in [0.25, 0.3) is 5.91 Å². The molecule has 0 unspecified atom stereocenters. The van der Waals surface area contributed by atoms with Gasteiger partial charge in [-0.3, -0.25) is 14.4 Å². The molecule has 0 bridgehead atoms. The van der Waals surface area contributed by atoms with E-state index in [9.17, 15) is 14.4 Å². The van der Waals surface area contributed by atoms with Crippen LogP contribution in [0.4, 0.5) is 5.69 Å². The van der Waals surface area contributed by atoms with Crippen molar-refractivity contribution in [2.45, 2.75) is 6.92 Å². The summed E-state index contributed by atoms with van der Waals surface area (Å²) < 4.78 is 4.62. The van der Waals surface area contributed by atoms with Gasteiger partial charge >= 0.3 is 5.97 Å². The zero-order valence-corrected chi connectivity index (χ0v) is 12.0. The maximum atomic E-state index is 12.5. The highest BCUT2D eigenvalue weighted by Gasteiger charge is 2.15. The van der Waals surface area contributed by atoms with Crippen LogP contribution in [0, 0.1) is 0 Å². The fourth-order valence-corrected chi connectivity index (χ4v) is 1.89. The molecule has 5 heteroatoms. The lowest BCUT2D eigenvalue weighted by Crippen LogP contribution is -2.21. The van der Waals surface area contributed by atoms with Crippen LogP contribution in [0.1, 0.15) is 22.8 Å². The molecule has 0 radical (unpaired) electrons. The first kappa shape index (κ1) is 15.4. The minimum absolute atomic E-state index is 0.191. The largest absolute Gasteiger partial charge is 0.456 e. The molecule has 112 valence electrons. The summed E-state index contributed by atoms with van der Waals surface area (Å²) in [5.41, 5.74) is 1.29. The van der Waals surface area contributed by atoms with Gasteiger partial charge in [-0.25, -0.2) is 0 Å². The summed E-state index contributed by atoms with van der Waals surface area (Å²) in [4.78, 5) is 34.9. The molecule has 2 aromatic carbocycles. The second-order valence-electron chi connectivity index (χ2n) is 4.57. The highest BCUT2D eigenvalue weighted by Crippen LogP contribution is 2.19. The van der Waals surface area contributed by atoms with E-state index in [0.29, 0.717) is 16.8 Å². The number of rotatable bonds is 5. The summed E-state index contributed by atoms with van der Waals surface area (Å²) in [6.45, 7) is 0.837. The van der Waals surface area contributed by atoms with Crippen LogP contribution in [0.15, 0.2) is 54.6 Å². The Morgan fingerprint density at radius 1 is 0.955 bits per heavy atom. The summed E-state index contributed by atoms with van der Waals surface area (Å²) in [6, 6.07) is 15.5. The van der Waals surface area contributed by atoms with Gasteiger partial charge in [0, 0.05) is 18.1 Å². The average Bonchev–Trinajstić information content (AvgIpc) is 2.53. The molecule has 2 aromatic rings. The van der Waals surface area contributed by atoms with Crippen molar-refractivity contribution in [3.63, 3.8) is 0 Å². The minimum Gasteiger partial charge on any atom is -0.456 e. The molecule has 1 N–H and O–H groups in total. The Kier molecular flexibility index (Phi) is 5.03. The quantitative estimate of drug-likeness (QED) is 0.679. The first-order valence-electron chi connectivity index (χ1n) is 6.70. The molecule has 0 saturated carbocycles. The molecule has 0 aliphatic heterocycles. The molecule has 0 atom stereocenters. The molecule has 0 aliphatic carbocycles. The molecular formula is C17H15NO4. The van der Waals surface area contributed by atoms with Crippen molar-refractivity contribution in [1.82, 2.24) is 0 Å². The number of amides is 1. The highest BCUT2D eigenvalue weighted by atomic mass is 16.5. The van der Waals surface area contributed by atoms with Gasteiger partial charge in [0.15, 0.2) is 12.4 Å². The number of ketones is 1. The molecule has 0 heterocycles. The van der Waals surface area contributed by atoms with Crippen molar-refractivity contribution >= 4 is 23.3 Å². The maximum Gasteiger partial charge on any atom is 0.303 e. The monoisotopic (exact) mass is 297 g/mol. The van der Waals surface area contributed by atoms with Gasteiger partial charge in [0.2, 0.25) is 0 Å². The molecule has 0 aliphatic rings. The summed E-state index contributed by atoms with van der Waals surface area (Å²) in [7, 11) is 0. The van der Waals surface area contributed by atoms with Gasteiger partial charge in [0.05, 0.1) is 5.69 Å². The van der Waals surface area contributed by atoms with Gasteiger partial charge in [-0.15, -0.1) is 0 Å². The highest BCUT2D eigenvalue weighted by molar-refractivity contribution is 6.13. The van der Waals surface area contributed by atoms with E-state index in [4.69, 9.17) is 0 Å². The Morgan fingerprint density at radius 3 is 2.27 bits per heavy atom. The fourth-order valence-electron chi connectivity index (χ4n) is 1.89. The second kappa shape index (κ2) is 7.17. The van der Waals surface area contributed by atoms with E-state index in [-0.39, 0.29) is 12.4 Å². The number of hydrogen-bond acceptors (Lipinski definition) is 4. The van der Waals surface area contributed by atoms with Crippen molar-refractivity contribution in [2.24, 2.45) is 0 Å². The van der Waals surface area contributed by atoms with Crippen LogP contribution in [0.25, 0.3) is 0 Å². The number of esters is 1. The molecule has 0 spiro atoms. The average molecular weight is 297 g/mol. The van der Waals surface area contributed by atoms with Crippen molar-refractivity contribution in [1.29, 1.82) is 0 Å². The van der Waals surface area contributed by atoms with Gasteiger partial charge in [0.1, 0.15) is 0 Å². The first-order chi connectivity index (χ1) is 10.6. The third-order valence-corrected chi connectivity index (χ3v) is 2.89. The van der Waals surface area contributed by atoms with Crippen LogP contribution in [-0.2, 0) is 14.3 Å². The van der Waals surface area contributed by atoms with Gasteiger partial charge in [-0.1, -0.05) is 42.5 Å². The van der Waals surface area contributed by atoms with E-state index in [1.807, 2.05) is 6.07 Å². The van der Waals surface area contributed by atoms with Gasteiger partial charge in [-0.05, 0) is 12.1 Å². The zero-order valence-electron chi connectivity index (χ0n) is 12.0. The van der Waals surface area contributed by atoms with Crippen LogP contribution in [0.2, 0.25) is 0 Å². The number of benzene rings is 2. The fraction of sp³-hybridized carbons (Fsp3) is 0.118. The smallest absolute Gasteiger partial charge is 0.303 e. The summed E-state index contributed by atoms with van der Waals surface area (Å²) in [6.07, 6.45) is 0. The van der Waals surface area contributed by atoms with E-state index < -0.39 is 11.9 Å². The number of para-hydroxylation sites is 1. The van der Waals surface area contributed by atoms with Crippen molar-refractivity contribution in [3.05, 3.63) is 65.7 Å². The summed E-state index contributed by atoms with van der Waals surface area (Å²) >= 11 is 0. The van der Waals surface area contributed by atoms with Crippen molar-refractivity contribution in [3.8, 4) is 0 Å². The Bertz CT molecular complexity index is 695. The Hall–Kier alpha value is -2.95. The second-order valence-corrected chi connectivity index (χ2v) is 4.57. The molecule has 2 rings (SSSR count). The Balaban J connectivity index is 2.18. The van der Waals surface area contributed by atoms with Crippen molar-refractivity contribution < 1.29 is 19.1 Å². The maximum absolute atomic E-state index is 12.5. The SMILES string of the molecule is CC(=O)OCC(=O)Nc1ccccc1C(=O)c1ccccc1. The third kappa shape index (κ3) is 4.02. The van der Waals surface area contributed by atoms with Crippen LogP contribution in [-0.4, -0.2) is 24.3 Å². The number of hydrogen-bond donors (Lipinski definition) is 1. The van der Waals surface area contributed by atoms with Crippen LogP contribution < -0.4 is 5.32 Å². The van der Waals surface area contributed by atoms with E-state index in [1.165, 1.54) is 6.92 Å². The molecule has 0 saturated heterocycles. The third-order valence-electron chi connectivity index (χ3n) is 2.89. The van der Waals surface area contributed by atoms with E-state index in [1.54, 1.807) is 48.5 Å². The number of ether oxygens (including phenoxy) is 1. The molecule has 0 aromatic heterocycles. The van der Waals surface area contributed by atoms with E-state index in [0.717, 1.165) is 0 Å². The molecular weight excluding hydrogens is 282 g/mol. The standard InChI is InChI=1S/C17H15NO4/c1-12(19)22-11-16(20)18-15-10-6-5-9-14(15)17(21)13-7-3-2-4-8-13/h2-10H,11H2,1H3,(H,18,20). The Labute approximate surface area is 127 Å². The first-order valence-corrected chi connectivity index (χ1v) is 6.70. The van der Waals surface area contributed by atoms with Crippen LogP contribution in [0.5, 0.6) is 0 Å². The predicted octanol–water partition coefficient (Wildman–Crippen LogP) is 2.42. The lowest BCUT2D eigenvalue weighted by atomic mass is 10.0. The number of carbonyl (C=O) groups is 3. The summed E-state index contributed by atoms with van der Waals surface area (Å²) in [5.74, 6) is -1.23. The predicted molar refractivity (Wildman–Crippen MR) is 81.6 cm³/mol. The molecule has 5 nitrogen and oxygen atoms in total. The molecule has 22 heavy (non-hydrogen) atoms. The summed E-state index contributed by atoms with van der Waals surface area (Å²) in [5, 5.41) is 2.58. The zero-order chi connectivity index (χ0) is 15.9. The van der Waals surface area contributed by atoms with E-state index in [2.05, 4.69) is 10.1 Å².